The highest BCUT2D eigenvalue weighted by Gasteiger charge is 2.21. The molecule has 44 heavy (non-hydrogen) atoms. The summed E-state index contributed by atoms with van der Waals surface area (Å²) in [5.74, 6) is 0.940. The summed E-state index contributed by atoms with van der Waals surface area (Å²) >= 11 is 0. The first-order valence-electron chi connectivity index (χ1n) is 15.2. The summed E-state index contributed by atoms with van der Waals surface area (Å²) in [7, 11) is 0. The maximum Gasteiger partial charge on any atom is 0.145 e. The van der Waals surface area contributed by atoms with Crippen LogP contribution in [0.5, 0.6) is 0 Å². The minimum atomic E-state index is 0.940. The molecule has 2 nitrogen and oxygen atoms in total. The van der Waals surface area contributed by atoms with E-state index in [1.165, 1.54) is 59.8 Å². The van der Waals surface area contributed by atoms with Gasteiger partial charge >= 0.3 is 0 Å². The zero-order chi connectivity index (χ0) is 29.2. The van der Waals surface area contributed by atoms with Gasteiger partial charge in [-0.3, -0.25) is 4.57 Å². The van der Waals surface area contributed by atoms with Crippen molar-refractivity contribution in [2.45, 2.75) is 6.92 Å². The van der Waals surface area contributed by atoms with Crippen molar-refractivity contribution in [1.82, 2.24) is 9.55 Å². The Bertz CT molecular complexity index is 2500. The molecule has 0 saturated heterocycles. The van der Waals surface area contributed by atoms with Crippen LogP contribution in [0, 0.1) is 6.92 Å². The summed E-state index contributed by atoms with van der Waals surface area (Å²) in [5, 5.41) is 9.97. The molecule has 9 aromatic rings. The molecule has 0 saturated carbocycles. The predicted molar refractivity (Wildman–Crippen MR) is 187 cm³/mol. The number of aromatic nitrogens is 2. The zero-order valence-electron chi connectivity index (χ0n) is 24.3. The van der Waals surface area contributed by atoms with E-state index in [1.807, 2.05) is 0 Å². The predicted octanol–water partition coefficient (Wildman–Crippen LogP) is 11.3. The Morgan fingerprint density at radius 2 is 0.932 bits per heavy atom. The van der Waals surface area contributed by atoms with Crippen LogP contribution in [0.1, 0.15) is 5.56 Å². The number of benzene rings is 8. The SMILES string of the molecule is Cc1c2ccccc2c(-c2cccc(-c3nc4c5ccccc5c5ccccc5c4n3-c3ccccc3)c2)c2ccccc12. The lowest BCUT2D eigenvalue weighted by molar-refractivity contribution is 1.11. The van der Waals surface area contributed by atoms with Gasteiger partial charge in [0.2, 0.25) is 0 Å². The van der Waals surface area contributed by atoms with Crippen LogP contribution in [0.2, 0.25) is 0 Å². The van der Waals surface area contributed by atoms with Gasteiger partial charge in [-0.15, -0.1) is 0 Å². The van der Waals surface area contributed by atoms with Crippen molar-refractivity contribution in [3.63, 3.8) is 0 Å². The van der Waals surface area contributed by atoms with Gasteiger partial charge in [0, 0.05) is 22.0 Å². The standard InChI is InChI=1S/C42H28N2/c1-27-31-18-5-9-22-35(31)39(36-23-10-6-19-32(27)36)28-14-13-15-29(26-28)42-43-40-37-24-11-7-20-33(37)34-21-8-12-25-38(34)41(40)44(42)30-16-3-2-4-17-30/h2-26H,1H3. The fourth-order valence-electron chi connectivity index (χ4n) is 7.20. The van der Waals surface area contributed by atoms with E-state index in [9.17, 15) is 0 Å². The first-order valence-corrected chi connectivity index (χ1v) is 15.2. The highest BCUT2D eigenvalue weighted by molar-refractivity contribution is 6.24. The number of hydrogen-bond acceptors (Lipinski definition) is 1. The molecule has 206 valence electrons. The first kappa shape index (κ1) is 24.8. The van der Waals surface area contributed by atoms with E-state index in [-0.39, 0.29) is 0 Å². The van der Waals surface area contributed by atoms with Crippen molar-refractivity contribution < 1.29 is 0 Å². The molecule has 1 aromatic heterocycles. The van der Waals surface area contributed by atoms with Crippen LogP contribution < -0.4 is 0 Å². The fourth-order valence-corrected chi connectivity index (χ4v) is 7.20. The third kappa shape index (κ3) is 3.58. The Morgan fingerprint density at radius 3 is 1.59 bits per heavy atom. The molecule has 8 aromatic carbocycles. The molecule has 2 heteroatoms. The first-order chi connectivity index (χ1) is 21.8. The van der Waals surface area contributed by atoms with Gasteiger partial charge in [-0.25, -0.2) is 4.98 Å². The van der Waals surface area contributed by atoms with Crippen molar-refractivity contribution in [3.05, 3.63) is 157 Å². The number of aryl methyl sites for hydroxylation is 1. The highest BCUT2D eigenvalue weighted by Crippen LogP contribution is 2.42. The van der Waals surface area contributed by atoms with Gasteiger partial charge in [-0.1, -0.05) is 133 Å². The van der Waals surface area contributed by atoms with E-state index in [4.69, 9.17) is 4.98 Å². The van der Waals surface area contributed by atoms with Crippen molar-refractivity contribution >= 4 is 54.1 Å². The average Bonchev–Trinajstić information content (AvgIpc) is 3.51. The molecule has 0 unspecified atom stereocenters. The number of rotatable bonds is 3. The Kier molecular flexibility index (Phi) is 5.45. The maximum atomic E-state index is 5.47. The molecule has 0 spiro atoms. The molecule has 0 aliphatic rings. The smallest absolute Gasteiger partial charge is 0.145 e. The lowest BCUT2D eigenvalue weighted by Crippen LogP contribution is -1.98. The van der Waals surface area contributed by atoms with Gasteiger partial charge < -0.3 is 0 Å². The van der Waals surface area contributed by atoms with Gasteiger partial charge in [-0.05, 0) is 74.1 Å². The van der Waals surface area contributed by atoms with Crippen LogP contribution in [-0.2, 0) is 0 Å². The van der Waals surface area contributed by atoms with Gasteiger partial charge in [0.05, 0.1) is 11.0 Å². The summed E-state index contributed by atoms with van der Waals surface area (Å²) < 4.78 is 2.36. The summed E-state index contributed by atoms with van der Waals surface area (Å²) in [6, 6.07) is 54.6. The van der Waals surface area contributed by atoms with Crippen LogP contribution >= 0.6 is 0 Å². The Labute approximate surface area is 255 Å². The number of fused-ring (bicyclic) bond motifs is 8. The Balaban J connectivity index is 1.40. The lowest BCUT2D eigenvalue weighted by Gasteiger charge is -2.16. The lowest BCUT2D eigenvalue weighted by atomic mass is 9.88. The molecule has 0 aliphatic carbocycles. The molecule has 1 heterocycles. The van der Waals surface area contributed by atoms with Crippen LogP contribution in [0.15, 0.2) is 152 Å². The van der Waals surface area contributed by atoms with Crippen molar-refractivity contribution in [2.75, 3.05) is 0 Å². The van der Waals surface area contributed by atoms with Crippen molar-refractivity contribution in [1.29, 1.82) is 0 Å². The molecule has 0 bridgehead atoms. The van der Waals surface area contributed by atoms with Crippen molar-refractivity contribution in [2.24, 2.45) is 0 Å². The summed E-state index contributed by atoms with van der Waals surface area (Å²) in [5.41, 5.74) is 8.12. The van der Waals surface area contributed by atoms with Crippen molar-refractivity contribution in [3.8, 4) is 28.2 Å². The average molecular weight is 561 g/mol. The summed E-state index contributed by atoms with van der Waals surface area (Å²) in [6.07, 6.45) is 0. The molecular weight excluding hydrogens is 532 g/mol. The topological polar surface area (TPSA) is 17.8 Å². The zero-order valence-corrected chi connectivity index (χ0v) is 24.3. The molecule has 9 rings (SSSR count). The minimum absolute atomic E-state index is 0.940. The third-order valence-electron chi connectivity index (χ3n) is 9.16. The third-order valence-corrected chi connectivity index (χ3v) is 9.16. The molecule has 0 amide bonds. The van der Waals surface area contributed by atoms with Gasteiger partial charge in [0.15, 0.2) is 0 Å². The van der Waals surface area contributed by atoms with E-state index < -0.39 is 0 Å². The molecule has 0 radical (unpaired) electrons. The van der Waals surface area contributed by atoms with E-state index >= 15 is 0 Å². The quantitative estimate of drug-likeness (QED) is 0.155. The summed E-state index contributed by atoms with van der Waals surface area (Å²) in [4.78, 5) is 5.47. The van der Waals surface area contributed by atoms with Crippen LogP contribution in [0.4, 0.5) is 0 Å². The van der Waals surface area contributed by atoms with Gasteiger partial charge in [0.1, 0.15) is 5.82 Å². The van der Waals surface area contributed by atoms with E-state index in [1.54, 1.807) is 0 Å². The minimum Gasteiger partial charge on any atom is -0.292 e. The molecular formula is C42H28N2. The monoisotopic (exact) mass is 560 g/mol. The van der Waals surface area contributed by atoms with E-state index in [2.05, 4.69) is 163 Å². The fraction of sp³-hybridized carbons (Fsp3) is 0.0238. The summed E-state index contributed by atoms with van der Waals surface area (Å²) in [6.45, 7) is 2.24. The van der Waals surface area contributed by atoms with Crippen LogP contribution in [0.3, 0.4) is 0 Å². The normalized spacial score (nSPS) is 11.8. The number of hydrogen-bond donors (Lipinski definition) is 0. The Hall–Kier alpha value is -5.73. The highest BCUT2D eigenvalue weighted by atomic mass is 15.1. The number of para-hydroxylation sites is 1. The molecule has 0 fully saturated rings. The largest absolute Gasteiger partial charge is 0.292 e. The maximum absolute atomic E-state index is 5.47. The molecule has 0 atom stereocenters. The molecule has 0 N–H and O–H groups in total. The number of nitrogens with zero attached hydrogens (tertiary/aromatic N) is 2. The van der Waals surface area contributed by atoms with E-state index in [0.717, 1.165) is 28.1 Å². The van der Waals surface area contributed by atoms with Crippen LogP contribution in [0.25, 0.3) is 82.3 Å². The van der Waals surface area contributed by atoms with E-state index in [0.29, 0.717) is 0 Å². The second-order valence-corrected chi connectivity index (χ2v) is 11.6. The number of imidazole rings is 1. The Morgan fingerprint density at radius 1 is 0.432 bits per heavy atom. The van der Waals surface area contributed by atoms with Gasteiger partial charge in [0.25, 0.3) is 0 Å². The van der Waals surface area contributed by atoms with Crippen LogP contribution in [-0.4, -0.2) is 9.55 Å². The second kappa shape index (κ2) is 9.65. The second-order valence-electron chi connectivity index (χ2n) is 11.6. The molecule has 0 aliphatic heterocycles. The van der Waals surface area contributed by atoms with Gasteiger partial charge in [-0.2, -0.15) is 0 Å².